The SMILES string of the molecule is CNC(=O)NC(=O)C(C)N1CCN(C(=O)CCc2ccccc2)CC1. The summed E-state index contributed by atoms with van der Waals surface area (Å²) in [6, 6.07) is 9.06. The summed E-state index contributed by atoms with van der Waals surface area (Å²) in [5.74, 6) is -0.186. The first-order chi connectivity index (χ1) is 12.0. The topological polar surface area (TPSA) is 81.8 Å². The lowest BCUT2D eigenvalue weighted by atomic mass is 10.1. The number of nitrogens with one attached hydrogen (secondary N) is 2. The molecule has 1 heterocycles. The Morgan fingerprint density at radius 1 is 1.08 bits per heavy atom. The average Bonchev–Trinajstić information content (AvgIpc) is 2.66. The van der Waals surface area contributed by atoms with Gasteiger partial charge in [0, 0.05) is 39.6 Å². The van der Waals surface area contributed by atoms with E-state index in [1.807, 2.05) is 40.1 Å². The number of aryl methyl sites for hydroxylation is 1. The molecule has 136 valence electrons. The Hall–Kier alpha value is -2.41. The summed E-state index contributed by atoms with van der Waals surface area (Å²) in [6.45, 7) is 4.22. The van der Waals surface area contributed by atoms with Crippen molar-refractivity contribution < 1.29 is 14.4 Å². The molecule has 7 nitrogen and oxygen atoms in total. The third kappa shape index (κ3) is 5.56. The van der Waals surface area contributed by atoms with Crippen LogP contribution in [0.5, 0.6) is 0 Å². The van der Waals surface area contributed by atoms with Crippen LogP contribution in [-0.4, -0.2) is 66.9 Å². The summed E-state index contributed by atoms with van der Waals surface area (Å²) in [6.07, 6.45) is 1.24. The van der Waals surface area contributed by atoms with Gasteiger partial charge in [-0.15, -0.1) is 0 Å². The molecular weight excluding hydrogens is 320 g/mol. The lowest BCUT2D eigenvalue weighted by Gasteiger charge is -2.37. The molecular formula is C18H26N4O3. The third-order valence-electron chi connectivity index (χ3n) is 4.53. The van der Waals surface area contributed by atoms with Crippen LogP contribution in [0, 0.1) is 0 Å². The molecule has 1 aromatic carbocycles. The highest BCUT2D eigenvalue weighted by atomic mass is 16.2. The summed E-state index contributed by atoms with van der Waals surface area (Å²) < 4.78 is 0. The smallest absolute Gasteiger partial charge is 0.321 e. The van der Waals surface area contributed by atoms with Gasteiger partial charge in [0.2, 0.25) is 11.8 Å². The summed E-state index contributed by atoms with van der Waals surface area (Å²) in [4.78, 5) is 39.4. The van der Waals surface area contributed by atoms with E-state index in [0.717, 1.165) is 12.0 Å². The summed E-state index contributed by atoms with van der Waals surface area (Å²) >= 11 is 0. The van der Waals surface area contributed by atoms with Crippen molar-refractivity contribution in [2.24, 2.45) is 0 Å². The van der Waals surface area contributed by atoms with E-state index in [1.54, 1.807) is 6.92 Å². The predicted octanol–water partition coefficient (Wildman–Crippen LogP) is 0.608. The maximum atomic E-state index is 12.3. The molecule has 7 heteroatoms. The second-order valence-electron chi connectivity index (χ2n) is 6.15. The minimum Gasteiger partial charge on any atom is -0.341 e. The third-order valence-corrected chi connectivity index (χ3v) is 4.53. The number of rotatable bonds is 5. The van der Waals surface area contributed by atoms with Gasteiger partial charge in [0.1, 0.15) is 0 Å². The van der Waals surface area contributed by atoms with E-state index in [2.05, 4.69) is 10.6 Å². The van der Waals surface area contributed by atoms with Crippen LogP contribution in [0.3, 0.4) is 0 Å². The minimum atomic E-state index is -0.508. The Labute approximate surface area is 148 Å². The monoisotopic (exact) mass is 346 g/mol. The van der Waals surface area contributed by atoms with E-state index < -0.39 is 12.1 Å². The highest BCUT2D eigenvalue weighted by Crippen LogP contribution is 2.10. The number of benzene rings is 1. The quantitative estimate of drug-likeness (QED) is 0.818. The zero-order valence-corrected chi connectivity index (χ0v) is 14.8. The molecule has 1 atom stereocenters. The second-order valence-corrected chi connectivity index (χ2v) is 6.15. The number of nitrogens with zero attached hydrogens (tertiary/aromatic N) is 2. The average molecular weight is 346 g/mol. The van der Waals surface area contributed by atoms with E-state index in [0.29, 0.717) is 32.6 Å². The minimum absolute atomic E-state index is 0.144. The molecule has 4 amide bonds. The number of hydrogen-bond donors (Lipinski definition) is 2. The predicted molar refractivity (Wildman–Crippen MR) is 95.0 cm³/mol. The Morgan fingerprint density at radius 2 is 1.72 bits per heavy atom. The van der Waals surface area contributed by atoms with Gasteiger partial charge in [0.05, 0.1) is 6.04 Å². The van der Waals surface area contributed by atoms with E-state index in [4.69, 9.17) is 0 Å². The van der Waals surface area contributed by atoms with Crippen LogP contribution in [0.1, 0.15) is 18.9 Å². The first-order valence-electron chi connectivity index (χ1n) is 8.59. The molecule has 1 fully saturated rings. The lowest BCUT2D eigenvalue weighted by molar-refractivity contribution is -0.134. The van der Waals surface area contributed by atoms with Gasteiger partial charge in [-0.2, -0.15) is 0 Å². The van der Waals surface area contributed by atoms with Crippen LogP contribution in [-0.2, 0) is 16.0 Å². The fourth-order valence-electron chi connectivity index (χ4n) is 2.86. The molecule has 2 N–H and O–H groups in total. The highest BCUT2D eigenvalue weighted by molar-refractivity contribution is 5.96. The van der Waals surface area contributed by atoms with Crippen LogP contribution in [0.25, 0.3) is 0 Å². The Morgan fingerprint density at radius 3 is 2.32 bits per heavy atom. The number of carbonyl (C=O) groups is 3. The van der Waals surface area contributed by atoms with Crippen molar-refractivity contribution in [3.63, 3.8) is 0 Å². The van der Waals surface area contributed by atoms with Crippen LogP contribution in [0.4, 0.5) is 4.79 Å². The molecule has 0 spiro atoms. The Kier molecular flexibility index (Phi) is 6.94. The summed E-state index contributed by atoms with van der Waals surface area (Å²) in [5, 5.41) is 4.65. The van der Waals surface area contributed by atoms with Gasteiger partial charge in [0.25, 0.3) is 0 Å². The van der Waals surface area contributed by atoms with Crippen molar-refractivity contribution in [2.45, 2.75) is 25.8 Å². The highest BCUT2D eigenvalue weighted by Gasteiger charge is 2.27. The van der Waals surface area contributed by atoms with E-state index >= 15 is 0 Å². The van der Waals surface area contributed by atoms with Gasteiger partial charge in [-0.3, -0.25) is 19.8 Å². The Balaban J connectivity index is 1.75. The number of piperazine rings is 1. The van der Waals surface area contributed by atoms with Crippen molar-refractivity contribution in [2.75, 3.05) is 33.2 Å². The van der Waals surface area contributed by atoms with E-state index in [9.17, 15) is 14.4 Å². The van der Waals surface area contributed by atoms with Crippen LogP contribution >= 0.6 is 0 Å². The number of imide groups is 1. The first kappa shape index (κ1) is 18.9. The fraction of sp³-hybridized carbons (Fsp3) is 0.500. The van der Waals surface area contributed by atoms with Crippen LogP contribution in [0.15, 0.2) is 30.3 Å². The van der Waals surface area contributed by atoms with Gasteiger partial charge in [0.15, 0.2) is 0 Å². The van der Waals surface area contributed by atoms with Gasteiger partial charge >= 0.3 is 6.03 Å². The second kappa shape index (κ2) is 9.17. The number of carbonyl (C=O) groups excluding carboxylic acids is 3. The molecule has 1 aliphatic heterocycles. The maximum Gasteiger partial charge on any atom is 0.321 e. The van der Waals surface area contributed by atoms with Crippen molar-refractivity contribution in [3.8, 4) is 0 Å². The standard InChI is InChI=1S/C18H26N4O3/c1-14(17(24)20-18(25)19-2)21-10-12-22(13-11-21)16(23)9-8-15-6-4-3-5-7-15/h3-7,14H,8-13H2,1-2H3,(H2,19,20,24,25). The fourth-order valence-corrected chi connectivity index (χ4v) is 2.86. The van der Waals surface area contributed by atoms with E-state index in [1.165, 1.54) is 7.05 Å². The number of urea groups is 1. The zero-order valence-electron chi connectivity index (χ0n) is 14.8. The molecule has 0 aromatic heterocycles. The van der Waals surface area contributed by atoms with Crippen molar-refractivity contribution in [1.82, 2.24) is 20.4 Å². The molecule has 0 radical (unpaired) electrons. The van der Waals surface area contributed by atoms with Crippen molar-refractivity contribution in [1.29, 1.82) is 0 Å². The summed E-state index contributed by atoms with van der Waals surface area (Å²) in [5.41, 5.74) is 1.16. The van der Waals surface area contributed by atoms with Crippen molar-refractivity contribution >= 4 is 17.8 Å². The molecule has 0 saturated carbocycles. The molecule has 1 aromatic rings. The van der Waals surface area contributed by atoms with Gasteiger partial charge in [-0.25, -0.2) is 4.79 Å². The lowest BCUT2D eigenvalue weighted by Crippen LogP contribution is -2.56. The number of amides is 4. The maximum absolute atomic E-state index is 12.3. The largest absolute Gasteiger partial charge is 0.341 e. The molecule has 0 aliphatic carbocycles. The summed E-state index contributed by atoms with van der Waals surface area (Å²) in [7, 11) is 1.47. The van der Waals surface area contributed by atoms with Crippen LogP contribution in [0.2, 0.25) is 0 Å². The molecule has 1 saturated heterocycles. The molecule has 1 unspecified atom stereocenters. The number of hydrogen-bond acceptors (Lipinski definition) is 4. The van der Waals surface area contributed by atoms with E-state index in [-0.39, 0.29) is 11.8 Å². The zero-order chi connectivity index (χ0) is 18.2. The molecule has 0 bridgehead atoms. The molecule has 1 aliphatic rings. The van der Waals surface area contributed by atoms with Gasteiger partial charge in [-0.05, 0) is 18.9 Å². The molecule has 25 heavy (non-hydrogen) atoms. The first-order valence-corrected chi connectivity index (χ1v) is 8.59. The normalized spacial score (nSPS) is 16.2. The molecule has 2 rings (SSSR count). The Bertz CT molecular complexity index is 598. The van der Waals surface area contributed by atoms with Crippen LogP contribution < -0.4 is 10.6 Å². The van der Waals surface area contributed by atoms with Gasteiger partial charge < -0.3 is 10.2 Å². The van der Waals surface area contributed by atoms with Crippen molar-refractivity contribution in [3.05, 3.63) is 35.9 Å². The van der Waals surface area contributed by atoms with Gasteiger partial charge in [-0.1, -0.05) is 30.3 Å².